The molecule has 49 heavy (non-hydrogen) atoms. The quantitative estimate of drug-likeness (QED) is 0.0211. The minimum absolute atomic E-state index is 0.0350. The Morgan fingerprint density at radius 1 is 0.653 bits per heavy atom. The lowest BCUT2D eigenvalue weighted by atomic mass is 10.0. The number of phosphoric ester groups is 1. The molecule has 0 aromatic heterocycles. The van der Waals surface area contributed by atoms with E-state index in [0.29, 0.717) is 12.8 Å². The van der Waals surface area contributed by atoms with Gasteiger partial charge in [-0.2, -0.15) is 0 Å². The molecule has 0 spiro atoms. The maximum Gasteiger partial charge on any atom is 0.472 e. The summed E-state index contributed by atoms with van der Waals surface area (Å²) in [6.45, 7) is 3.52. The molecular weight excluding hydrogens is 645 g/mol. The van der Waals surface area contributed by atoms with Gasteiger partial charge in [0.2, 0.25) is 0 Å². The van der Waals surface area contributed by atoms with Crippen LogP contribution in [-0.4, -0.2) is 55.1 Å². The lowest BCUT2D eigenvalue weighted by molar-refractivity contribution is -0.161. The highest BCUT2D eigenvalue weighted by molar-refractivity contribution is 7.47. The van der Waals surface area contributed by atoms with Crippen LogP contribution in [0.2, 0.25) is 0 Å². The summed E-state index contributed by atoms with van der Waals surface area (Å²) in [6, 6.07) is 0. The number of phosphoric acid groups is 1. The van der Waals surface area contributed by atoms with Gasteiger partial charge in [-0.1, -0.05) is 135 Å². The molecule has 0 radical (unpaired) electrons. The second kappa shape index (κ2) is 34.6. The molecule has 3 N–H and O–H groups in total. The number of unbranched alkanes of at least 4 members (excludes halogenated alkanes) is 18. The van der Waals surface area contributed by atoms with Gasteiger partial charge in [0.25, 0.3) is 0 Å². The lowest BCUT2D eigenvalue weighted by Gasteiger charge is -2.19. The van der Waals surface area contributed by atoms with E-state index in [-0.39, 0.29) is 38.4 Å². The van der Waals surface area contributed by atoms with Crippen molar-refractivity contribution in [3.63, 3.8) is 0 Å². The summed E-state index contributed by atoms with van der Waals surface area (Å²) in [6.07, 6.45) is 30.3. The Balaban J connectivity index is 4.31. The van der Waals surface area contributed by atoms with Gasteiger partial charge in [-0.15, -0.1) is 0 Å². The molecule has 286 valence electrons. The van der Waals surface area contributed by atoms with E-state index in [4.69, 9.17) is 24.3 Å². The Kier molecular flexibility index (Phi) is 33.3. The molecule has 0 aromatic carbocycles. The molecule has 11 heteroatoms. The van der Waals surface area contributed by atoms with Gasteiger partial charge >= 0.3 is 19.8 Å². The Morgan fingerprint density at radius 3 is 1.73 bits per heavy atom. The molecule has 0 aliphatic rings. The van der Waals surface area contributed by atoms with Crippen molar-refractivity contribution >= 4 is 25.5 Å². The van der Waals surface area contributed by atoms with Gasteiger partial charge in [-0.05, 0) is 38.2 Å². The van der Waals surface area contributed by atoms with Crippen LogP contribution in [0.5, 0.6) is 0 Å². The van der Waals surface area contributed by atoms with E-state index in [0.717, 1.165) is 51.4 Å². The van der Waals surface area contributed by atoms with Crippen molar-refractivity contribution in [2.75, 3.05) is 26.4 Å². The smallest absolute Gasteiger partial charge is 0.462 e. The molecule has 0 aliphatic carbocycles. The Morgan fingerprint density at radius 2 is 1.16 bits per heavy atom. The summed E-state index contributed by atoms with van der Waals surface area (Å²) >= 11 is 0. The first-order valence-corrected chi connectivity index (χ1v) is 20.8. The minimum Gasteiger partial charge on any atom is -0.462 e. The van der Waals surface area contributed by atoms with Gasteiger partial charge in [0, 0.05) is 25.8 Å². The summed E-state index contributed by atoms with van der Waals surface area (Å²) < 4.78 is 32.5. The normalized spacial score (nSPS) is 13.6. The van der Waals surface area contributed by atoms with Gasteiger partial charge < -0.3 is 20.1 Å². The van der Waals surface area contributed by atoms with Crippen molar-refractivity contribution in [2.45, 2.75) is 174 Å². The van der Waals surface area contributed by atoms with E-state index in [1.807, 2.05) is 12.2 Å². The maximum atomic E-state index is 12.5. The SMILES string of the molecule is CCCCC/C=C\C=C\C(=O)CCCCCCCC(=O)O[C@H](COC(=O)CCCCCCCCCCCCCC)COP(=O)(O)OCCN. The Labute approximate surface area is 297 Å². The van der Waals surface area contributed by atoms with Crippen LogP contribution in [0.4, 0.5) is 0 Å². The summed E-state index contributed by atoms with van der Waals surface area (Å²) in [5, 5.41) is 0. The lowest BCUT2D eigenvalue weighted by Crippen LogP contribution is -2.29. The number of esters is 2. The fourth-order valence-electron chi connectivity index (χ4n) is 5.14. The zero-order chi connectivity index (χ0) is 36.3. The van der Waals surface area contributed by atoms with Crippen molar-refractivity contribution in [3.8, 4) is 0 Å². The van der Waals surface area contributed by atoms with E-state index in [1.165, 1.54) is 77.0 Å². The first-order chi connectivity index (χ1) is 23.7. The Bertz CT molecular complexity index is 925. The van der Waals surface area contributed by atoms with Crippen LogP contribution in [-0.2, 0) is 37.5 Å². The predicted molar refractivity (Wildman–Crippen MR) is 197 cm³/mol. The van der Waals surface area contributed by atoms with Crippen LogP contribution >= 0.6 is 7.82 Å². The molecule has 2 atom stereocenters. The minimum atomic E-state index is -4.40. The third kappa shape index (κ3) is 34.4. The molecule has 1 unspecified atom stereocenters. The molecule has 0 aliphatic heterocycles. The summed E-state index contributed by atoms with van der Waals surface area (Å²) in [4.78, 5) is 46.7. The number of allylic oxidation sites excluding steroid dienone is 4. The third-order valence-electron chi connectivity index (χ3n) is 8.07. The fourth-order valence-corrected chi connectivity index (χ4v) is 5.91. The summed E-state index contributed by atoms with van der Waals surface area (Å²) in [7, 11) is -4.40. The number of nitrogens with two attached hydrogens (primary N) is 1. The fraction of sp³-hybridized carbons (Fsp3) is 0.816. The zero-order valence-corrected chi connectivity index (χ0v) is 31.8. The van der Waals surface area contributed by atoms with Gasteiger partial charge in [-0.25, -0.2) is 4.57 Å². The van der Waals surface area contributed by atoms with Crippen molar-refractivity contribution in [1.29, 1.82) is 0 Å². The molecule has 10 nitrogen and oxygen atoms in total. The summed E-state index contributed by atoms with van der Waals surface area (Å²) in [5.41, 5.74) is 5.32. The number of hydrogen-bond donors (Lipinski definition) is 2. The summed E-state index contributed by atoms with van der Waals surface area (Å²) in [5.74, 6) is -0.803. The second-order valence-electron chi connectivity index (χ2n) is 12.8. The van der Waals surface area contributed by atoms with Crippen molar-refractivity contribution < 1.29 is 42.4 Å². The number of hydrogen-bond acceptors (Lipinski definition) is 9. The molecule has 0 rings (SSSR count). The van der Waals surface area contributed by atoms with Crippen LogP contribution in [0.25, 0.3) is 0 Å². The Hall–Kier alpha value is -1.84. The van der Waals surface area contributed by atoms with Gasteiger partial charge in [-0.3, -0.25) is 23.4 Å². The van der Waals surface area contributed by atoms with E-state index < -0.39 is 32.5 Å². The van der Waals surface area contributed by atoms with E-state index >= 15 is 0 Å². The molecule has 0 fully saturated rings. The van der Waals surface area contributed by atoms with Crippen molar-refractivity contribution in [2.24, 2.45) is 5.73 Å². The highest BCUT2D eigenvalue weighted by Gasteiger charge is 2.26. The van der Waals surface area contributed by atoms with Gasteiger partial charge in [0.15, 0.2) is 11.9 Å². The number of rotatable bonds is 36. The van der Waals surface area contributed by atoms with Gasteiger partial charge in [0.1, 0.15) is 6.61 Å². The van der Waals surface area contributed by atoms with Crippen LogP contribution in [0.3, 0.4) is 0 Å². The van der Waals surface area contributed by atoms with E-state index in [9.17, 15) is 23.8 Å². The van der Waals surface area contributed by atoms with Crippen molar-refractivity contribution in [3.05, 3.63) is 24.3 Å². The first-order valence-electron chi connectivity index (χ1n) is 19.3. The number of carbonyl (C=O) groups is 3. The molecule has 0 saturated carbocycles. The average molecular weight is 716 g/mol. The average Bonchev–Trinajstić information content (AvgIpc) is 3.08. The van der Waals surface area contributed by atoms with Crippen molar-refractivity contribution in [1.82, 2.24) is 0 Å². The van der Waals surface area contributed by atoms with E-state index in [2.05, 4.69) is 19.9 Å². The number of carbonyl (C=O) groups excluding carboxylic acids is 3. The highest BCUT2D eigenvalue weighted by Crippen LogP contribution is 2.43. The third-order valence-corrected chi connectivity index (χ3v) is 9.05. The molecule has 0 heterocycles. The van der Waals surface area contributed by atoms with Crippen LogP contribution in [0.15, 0.2) is 24.3 Å². The predicted octanol–water partition coefficient (Wildman–Crippen LogP) is 9.62. The monoisotopic (exact) mass is 715 g/mol. The van der Waals surface area contributed by atoms with Crippen LogP contribution < -0.4 is 5.73 Å². The first kappa shape index (κ1) is 47.2. The molecule has 0 amide bonds. The van der Waals surface area contributed by atoms with Crippen LogP contribution in [0, 0.1) is 0 Å². The number of ether oxygens (including phenoxy) is 2. The standard InChI is InChI=1S/C38H70NO9P/c1-3-5-7-9-11-12-13-14-15-17-21-25-29-37(41)45-33-36(34-47-49(43,44)46-32-31-39)48-38(42)30-26-22-18-20-24-28-35(40)27-23-19-16-10-8-6-4-2/h16,19,23,27,36H,3-15,17-18,20-22,24-26,28-34,39H2,1-2H3,(H,43,44)/b19-16-,27-23+/t36-/m1/s1. The molecule has 0 aromatic rings. The molecular formula is C38H70NO9P. The highest BCUT2D eigenvalue weighted by atomic mass is 31.2. The molecule has 0 bridgehead atoms. The molecule has 0 saturated heterocycles. The largest absolute Gasteiger partial charge is 0.472 e. The maximum absolute atomic E-state index is 12.5. The van der Waals surface area contributed by atoms with Gasteiger partial charge in [0.05, 0.1) is 13.2 Å². The zero-order valence-electron chi connectivity index (χ0n) is 30.9. The topological polar surface area (TPSA) is 151 Å². The van der Waals surface area contributed by atoms with E-state index in [1.54, 1.807) is 6.08 Å². The number of ketones is 1. The van der Waals surface area contributed by atoms with Crippen LogP contribution in [0.1, 0.15) is 168 Å². The second-order valence-corrected chi connectivity index (χ2v) is 14.3.